The summed E-state index contributed by atoms with van der Waals surface area (Å²) in [5, 5.41) is 0. The second kappa shape index (κ2) is 6.70. The Kier molecular flexibility index (Phi) is 4.46. The maximum Gasteiger partial charge on any atom is 0.332 e. The monoisotopic (exact) mass is 328 g/mol. The molecule has 6 heteroatoms. The van der Waals surface area contributed by atoms with E-state index in [1.54, 1.807) is 19.1 Å². The fourth-order valence-corrected chi connectivity index (χ4v) is 2.64. The third-order valence-corrected chi connectivity index (χ3v) is 3.88. The quantitative estimate of drug-likeness (QED) is 0.793. The first-order chi connectivity index (χ1) is 11.6. The normalized spacial score (nSPS) is 17.5. The average Bonchev–Trinajstić information content (AvgIpc) is 2.80. The van der Waals surface area contributed by atoms with Gasteiger partial charge in [-0.15, -0.1) is 0 Å². The highest BCUT2D eigenvalue weighted by Gasteiger charge is 2.43. The van der Waals surface area contributed by atoms with E-state index in [1.165, 1.54) is 29.2 Å². The van der Waals surface area contributed by atoms with Crippen LogP contribution in [0.5, 0.6) is 5.75 Å². The van der Waals surface area contributed by atoms with Crippen LogP contribution < -0.4 is 9.64 Å². The second-order valence-corrected chi connectivity index (χ2v) is 5.46. The fraction of sp³-hybridized carbons (Fsp3) is 0.222. The van der Waals surface area contributed by atoms with Crippen molar-refractivity contribution in [1.82, 2.24) is 4.90 Å². The maximum atomic E-state index is 13.1. The standard InChI is InChI=1S/C18H17FN2O3/c1-13-17(22)20(11-12-24-16-5-3-2-4-6-16)18(23)21(13)15-9-7-14(19)8-10-15/h2-10,13H,11-12H2,1H3/t13-/m0/s1. The number of para-hydroxylation sites is 1. The minimum absolute atomic E-state index is 0.161. The van der Waals surface area contributed by atoms with Crippen LogP contribution >= 0.6 is 0 Å². The third kappa shape index (κ3) is 3.08. The summed E-state index contributed by atoms with van der Waals surface area (Å²) in [6.45, 7) is 2.03. The van der Waals surface area contributed by atoms with Crippen LogP contribution in [0.4, 0.5) is 14.9 Å². The average molecular weight is 328 g/mol. The van der Waals surface area contributed by atoms with Crippen LogP contribution in [0.2, 0.25) is 0 Å². The van der Waals surface area contributed by atoms with E-state index in [4.69, 9.17) is 4.74 Å². The molecule has 5 nitrogen and oxygen atoms in total. The van der Waals surface area contributed by atoms with Crippen LogP contribution in [0.25, 0.3) is 0 Å². The molecule has 1 aliphatic rings. The highest BCUT2D eigenvalue weighted by molar-refractivity contribution is 6.14. The van der Waals surface area contributed by atoms with Crippen molar-refractivity contribution in [1.29, 1.82) is 0 Å². The molecule has 2 aromatic rings. The van der Waals surface area contributed by atoms with Gasteiger partial charge in [0.2, 0.25) is 0 Å². The molecular weight excluding hydrogens is 311 g/mol. The van der Waals surface area contributed by atoms with Crippen molar-refractivity contribution in [3.63, 3.8) is 0 Å². The van der Waals surface area contributed by atoms with Crippen LogP contribution in [0.3, 0.4) is 0 Å². The van der Waals surface area contributed by atoms with Crippen LogP contribution in [-0.4, -0.2) is 36.0 Å². The van der Waals surface area contributed by atoms with Crippen molar-refractivity contribution in [3.8, 4) is 5.75 Å². The summed E-state index contributed by atoms with van der Waals surface area (Å²) in [6.07, 6.45) is 0. The molecule has 124 valence electrons. The number of ether oxygens (including phenoxy) is 1. The lowest BCUT2D eigenvalue weighted by atomic mass is 10.2. The van der Waals surface area contributed by atoms with Crippen LogP contribution in [-0.2, 0) is 4.79 Å². The molecule has 1 fully saturated rings. The number of nitrogens with zero attached hydrogens (tertiary/aromatic N) is 2. The van der Waals surface area contributed by atoms with Crippen LogP contribution in [0.1, 0.15) is 6.92 Å². The Morgan fingerprint density at radius 1 is 1.04 bits per heavy atom. The molecule has 0 spiro atoms. The molecule has 0 N–H and O–H groups in total. The number of hydrogen-bond donors (Lipinski definition) is 0. The number of imide groups is 1. The first-order valence-electron chi connectivity index (χ1n) is 7.66. The van der Waals surface area contributed by atoms with Gasteiger partial charge < -0.3 is 4.74 Å². The van der Waals surface area contributed by atoms with Gasteiger partial charge in [0.1, 0.15) is 24.2 Å². The van der Waals surface area contributed by atoms with Crippen molar-refractivity contribution in [3.05, 3.63) is 60.4 Å². The lowest BCUT2D eigenvalue weighted by Gasteiger charge is -2.19. The van der Waals surface area contributed by atoms with Gasteiger partial charge in [0, 0.05) is 5.69 Å². The number of anilines is 1. The van der Waals surface area contributed by atoms with Crippen molar-refractivity contribution < 1.29 is 18.7 Å². The zero-order valence-electron chi connectivity index (χ0n) is 13.2. The lowest BCUT2D eigenvalue weighted by molar-refractivity contribution is -0.127. The highest BCUT2D eigenvalue weighted by Crippen LogP contribution is 2.25. The molecule has 0 aliphatic carbocycles. The molecule has 3 amide bonds. The van der Waals surface area contributed by atoms with Gasteiger partial charge in [-0.1, -0.05) is 18.2 Å². The molecule has 0 saturated carbocycles. The molecule has 2 aromatic carbocycles. The Labute approximate surface area is 139 Å². The maximum absolute atomic E-state index is 13.1. The number of halogens is 1. The molecule has 0 bridgehead atoms. The SMILES string of the molecule is C[C@H]1C(=O)N(CCOc2ccccc2)C(=O)N1c1ccc(F)cc1. The second-order valence-electron chi connectivity index (χ2n) is 5.46. The van der Waals surface area contributed by atoms with E-state index in [2.05, 4.69) is 0 Å². The molecule has 3 rings (SSSR count). The Morgan fingerprint density at radius 2 is 1.71 bits per heavy atom. The van der Waals surface area contributed by atoms with Gasteiger partial charge in [0.05, 0.1) is 6.54 Å². The van der Waals surface area contributed by atoms with Gasteiger partial charge in [-0.3, -0.25) is 14.6 Å². The molecule has 1 atom stereocenters. The first kappa shape index (κ1) is 16.0. The predicted molar refractivity (Wildman–Crippen MR) is 87.4 cm³/mol. The number of benzene rings is 2. The van der Waals surface area contributed by atoms with Crippen molar-refractivity contribution in [2.45, 2.75) is 13.0 Å². The number of amides is 3. The molecule has 0 radical (unpaired) electrons. The van der Waals surface area contributed by atoms with Gasteiger partial charge in [-0.25, -0.2) is 9.18 Å². The van der Waals surface area contributed by atoms with Crippen molar-refractivity contribution in [2.24, 2.45) is 0 Å². The van der Waals surface area contributed by atoms with Crippen molar-refractivity contribution >= 4 is 17.6 Å². The first-order valence-corrected chi connectivity index (χ1v) is 7.66. The topological polar surface area (TPSA) is 49.9 Å². The van der Waals surface area contributed by atoms with Gasteiger partial charge in [-0.05, 0) is 43.3 Å². The van der Waals surface area contributed by atoms with E-state index in [9.17, 15) is 14.0 Å². The van der Waals surface area contributed by atoms with E-state index < -0.39 is 17.9 Å². The fourth-order valence-electron chi connectivity index (χ4n) is 2.64. The highest BCUT2D eigenvalue weighted by atomic mass is 19.1. The summed E-state index contributed by atoms with van der Waals surface area (Å²) in [5.41, 5.74) is 0.494. The van der Waals surface area contributed by atoms with E-state index in [0.717, 1.165) is 4.90 Å². The largest absolute Gasteiger partial charge is 0.492 e. The zero-order valence-corrected chi connectivity index (χ0v) is 13.2. The van der Waals surface area contributed by atoms with Gasteiger partial charge in [-0.2, -0.15) is 0 Å². The van der Waals surface area contributed by atoms with Gasteiger partial charge in [0.15, 0.2) is 0 Å². The Balaban J connectivity index is 1.67. The van der Waals surface area contributed by atoms with Gasteiger partial charge in [0.25, 0.3) is 5.91 Å². The zero-order chi connectivity index (χ0) is 17.1. The van der Waals surface area contributed by atoms with E-state index in [1.807, 2.05) is 18.2 Å². The molecule has 1 heterocycles. The number of carbonyl (C=O) groups is 2. The lowest BCUT2D eigenvalue weighted by Crippen LogP contribution is -2.36. The Morgan fingerprint density at radius 3 is 2.38 bits per heavy atom. The number of carbonyl (C=O) groups excluding carboxylic acids is 2. The molecule has 0 aromatic heterocycles. The third-order valence-electron chi connectivity index (χ3n) is 3.88. The Bertz CT molecular complexity index is 734. The Hall–Kier alpha value is -2.89. The van der Waals surface area contributed by atoms with Crippen LogP contribution in [0, 0.1) is 5.82 Å². The van der Waals surface area contributed by atoms with E-state index in [-0.39, 0.29) is 19.1 Å². The number of urea groups is 1. The summed E-state index contributed by atoms with van der Waals surface area (Å²) in [5.74, 6) is -0.00138. The minimum Gasteiger partial charge on any atom is -0.492 e. The molecule has 1 saturated heterocycles. The molecule has 1 aliphatic heterocycles. The smallest absolute Gasteiger partial charge is 0.332 e. The molecule has 0 unspecified atom stereocenters. The molecular formula is C18H17FN2O3. The van der Waals surface area contributed by atoms with Gasteiger partial charge >= 0.3 is 6.03 Å². The predicted octanol–water partition coefficient (Wildman–Crippen LogP) is 3.06. The van der Waals surface area contributed by atoms with Crippen LogP contribution in [0.15, 0.2) is 54.6 Å². The van der Waals surface area contributed by atoms with Crippen molar-refractivity contribution in [2.75, 3.05) is 18.1 Å². The summed E-state index contributed by atoms with van der Waals surface area (Å²) in [4.78, 5) is 27.4. The summed E-state index contributed by atoms with van der Waals surface area (Å²) >= 11 is 0. The molecule has 24 heavy (non-hydrogen) atoms. The van der Waals surface area contributed by atoms with E-state index >= 15 is 0 Å². The minimum atomic E-state index is -0.625. The number of rotatable bonds is 5. The van der Waals surface area contributed by atoms with E-state index in [0.29, 0.717) is 11.4 Å². The number of hydrogen-bond acceptors (Lipinski definition) is 3. The summed E-state index contributed by atoms with van der Waals surface area (Å²) < 4.78 is 18.6. The summed E-state index contributed by atoms with van der Waals surface area (Å²) in [6, 6.07) is 13.6. The summed E-state index contributed by atoms with van der Waals surface area (Å²) in [7, 11) is 0.